The van der Waals surface area contributed by atoms with E-state index < -0.39 is 17.5 Å². The monoisotopic (exact) mass is 458 g/mol. The molecule has 11 heteroatoms. The lowest BCUT2D eigenvalue weighted by molar-refractivity contribution is 0.102. The maximum atomic E-state index is 14.0. The van der Waals surface area contributed by atoms with Crippen LogP contribution in [0.1, 0.15) is 16.2 Å². The molecule has 31 heavy (non-hydrogen) atoms. The Balaban J connectivity index is 1.68. The number of anilines is 1. The first-order valence-corrected chi connectivity index (χ1v) is 10.2. The average molecular weight is 459 g/mol. The fourth-order valence-corrected chi connectivity index (χ4v) is 3.59. The standard InChI is InChI=1S/C20H13ClF2N6OS/c21-12-2-5-14(6-3-12)29-17(11-31-20-24-8-1-9-25-20)18(27-28-29)19(30)26-16-10-13(22)4-7-15(16)23/h1-10H,11H2,(H,26,30). The van der Waals surface area contributed by atoms with E-state index in [1.165, 1.54) is 16.4 Å². The molecule has 0 aliphatic rings. The van der Waals surface area contributed by atoms with Crippen LogP contribution in [0.25, 0.3) is 5.69 Å². The molecule has 0 fully saturated rings. The predicted octanol–water partition coefficient (Wildman–Crippen LogP) is 4.53. The molecule has 0 atom stereocenters. The molecule has 0 aliphatic heterocycles. The van der Waals surface area contributed by atoms with Gasteiger partial charge in [-0.05, 0) is 42.5 Å². The zero-order chi connectivity index (χ0) is 21.8. The van der Waals surface area contributed by atoms with Gasteiger partial charge in [0.1, 0.15) is 11.6 Å². The van der Waals surface area contributed by atoms with Gasteiger partial charge in [-0.15, -0.1) is 5.10 Å². The van der Waals surface area contributed by atoms with Crippen LogP contribution < -0.4 is 5.32 Å². The summed E-state index contributed by atoms with van der Waals surface area (Å²) in [6.45, 7) is 0. The van der Waals surface area contributed by atoms with Crippen molar-refractivity contribution in [3.8, 4) is 5.69 Å². The summed E-state index contributed by atoms with van der Waals surface area (Å²) in [5.74, 6) is -1.94. The maximum Gasteiger partial charge on any atom is 0.278 e. The van der Waals surface area contributed by atoms with E-state index in [1.807, 2.05) is 0 Å². The van der Waals surface area contributed by atoms with Gasteiger partial charge >= 0.3 is 0 Å². The zero-order valence-electron chi connectivity index (χ0n) is 15.7. The smallest absolute Gasteiger partial charge is 0.278 e. The van der Waals surface area contributed by atoms with Crippen LogP contribution in [0.15, 0.2) is 66.1 Å². The van der Waals surface area contributed by atoms with Gasteiger partial charge in [0, 0.05) is 29.2 Å². The van der Waals surface area contributed by atoms with Crippen LogP contribution in [0.2, 0.25) is 5.02 Å². The number of benzene rings is 2. The number of thioether (sulfide) groups is 1. The van der Waals surface area contributed by atoms with Crippen LogP contribution in [0.4, 0.5) is 14.5 Å². The molecular weight excluding hydrogens is 446 g/mol. The normalized spacial score (nSPS) is 10.8. The van der Waals surface area contributed by atoms with E-state index in [0.29, 0.717) is 21.6 Å². The molecule has 0 saturated carbocycles. The Kier molecular flexibility index (Phi) is 6.19. The molecule has 156 valence electrons. The van der Waals surface area contributed by atoms with Gasteiger partial charge in [-0.1, -0.05) is 28.6 Å². The summed E-state index contributed by atoms with van der Waals surface area (Å²) in [6, 6.07) is 11.3. The van der Waals surface area contributed by atoms with E-state index >= 15 is 0 Å². The van der Waals surface area contributed by atoms with Gasteiger partial charge < -0.3 is 5.32 Å². The second-order valence-corrected chi connectivity index (χ2v) is 7.55. The van der Waals surface area contributed by atoms with E-state index in [4.69, 9.17) is 11.6 Å². The van der Waals surface area contributed by atoms with Crippen molar-refractivity contribution >= 4 is 35.0 Å². The first kappa shape index (κ1) is 20.9. The summed E-state index contributed by atoms with van der Waals surface area (Å²) in [5.41, 5.74) is 0.713. The molecule has 0 saturated heterocycles. The second-order valence-electron chi connectivity index (χ2n) is 6.17. The Morgan fingerprint density at radius 2 is 1.84 bits per heavy atom. The van der Waals surface area contributed by atoms with Gasteiger partial charge in [0.15, 0.2) is 10.9 Å². The number of nitrogens with zero attached hydrogens (tertiary/aromatic N) is 5. The van der Waals surface area contributed by atoms with Gasteiger partial charge in [-0.3, -0.25) is 4.79 Å². The molecule has 2 heterocycles. The Morgan fingerprint density at radius 1 is 1.10 bits per heavy atom. The Bertz CT molecular complexity index is 1220. The van der Waals surface area contributed by atoms with Gasteiger partial charge in [-0.25, -0.2) is 23.4 Å². The summed E-state index contributed by atoms with van der Waals surface area (Å²) in [7, 11) is 0. The topological polar surface area (TPSA) is 85.6 Å². The molecule has 0 radical (unpaired) electrons. The van der Waals surface area contributed by atoms with Crippen molar-refractivity contribution in [2.24, 2.45) is 0 Å². The number of hydrogen-bond donors (Lipinski definition) is 1. The minimum absolute atomic E-state index is 0.0398. The molecule has 0 spiro atoms. The van der Waals surface area contributed by atoms with Crippen LogP contribution in [0.5, 0.6) is 0 Å². The third-order valence-electron chi connectivity index (χ3n) is 4.11. The lowest BCUT2D eigenvalue weighted by atomic mass is 10.2. The molecule has 1 N–H and O–H groups in total. The van der Waals surface area contributed by atoms with Crippen molar-refractivity contribution in [3.63, 3.8) is 0 Å². The molecule has 0 unspecified atom stereocenters. The van der Waals surface area contributed by atoms with E-state index in [2.05, 4.69) is 25.6 Å². The van der Waals surface area contributed by atoms with Gasteiger partial charge in [0.25, 0.3) is 5.91 Å². The summed E-state index contributed by atoms with van der Waals surface area (Å²) in [4.78, 5) is 21.1. The van der Waals surface area contributed by atoms with E-state index in [-0.39, 0.29) is 17.1 Å². The van der Waals surface area contributed by atoms with Crippen molar-refractivity contribution < 1.29 is 13.6 Å². The average Bonchev–Trinajstić information content (AvgIpc) is 3.20. The Morgan fingerprint density at radius 3 is 2.58 bits per heavy atom. The second kappa shape index (κ2) is 9.19. The summed E-state index contributed by atoms with van der Waals surface area (Å²) in [6.07, 6.45) is 3.20. The van der Waals surface area contributed by atoms with Crippen molar-refractivity contribution in [2.45, 2.75) is 10.9 Å². The number of carbonyl (C=O) groups is 1. The largest absolute Gasteiger partial charge is 0.318 e. The molecule has 4 aromatic rings. The number of amides is 1. The summed E-state index contributed by atoms with van der Waals surface area (Å²) < 4.78 is 28.9. The van der Waals surface area contributed by atoms with E-state index in [0.717, 1.165) is 18.2 Å². The molecular formula is C20H13ClF2N6OS. The number of nitrogens with one attached hydrogen (secondary N) is 1. The molecule has 7 nitrogen and oxygen atoms in total. The highest BCUT2D eigenvalue weighted by Crippen LogP contribution is 2.24. The third-order valence-corrected chi connectivity index (χ3v) is 5.24. The molecule has 0 aliphatic carbocycles. The van der Waals surface area contributed by atoms with Crippen LogP contribution in [0, 0.1) is 11.6 Å². The van der Waals surface area contributed by atoms with Gasteiger partial charge in [0.2, 0.25) is 0 Å². The first-order valence-electron chi connectivity index (χ1n) is 8.88. The fourth-order valence-electron chi connectivity index (χ4n) is 2.66. The highest BCUT2D eigenvalue weighted by atomic mass is 35.5. The van der Waals surface area contributed by atoms with Crippen molar-refractivity contribution in [1.29, 1.82) is 0 Å². The van der Waals surface area contributed by atoms with Gasteiger partial charge in [-0.2, -0.15) is 0 Å². The van der Waals surface area contributed by atoms with Crippen LogP contribution >= 0.6 is 23.4 Å². The van der Waals surface area contributed by atoms with E-state index in [9.17, 15) is 13.6 Å². The van der Waals surface area contributed by atoms with E-state index in [1.54, 1.807) is 42.7 Å². The molecule has 2 aromatic heterocycles. The number of carbonyl (C=O) groups excluding carboxylic acids is 1. The van der Waals surface area contributed by atoms with Crippen LogP contribution in [0.3, 0.4) is 0 Å². The molecule has 4 rings (SSSR count). The SMILES string of the molecule is O=C(Nc1cc(F)ccc1F)c1nnn(-c2ccc(Cl)cc2)c1CSc1ncccn1. The minimum atomic E-state index is -0.770. The number of rotatable bonds is 6. The molecule has 0 bridgehead atoms. The van der Waals surface area contributed by atoms with Crippen LogP contribution in [-0.4, -0.2) is 30.9 Å². The molecule has 2 aromatic carbocycles. The third kappa shape index (κ3) is 4.86. The highest BCUT2D eigenvalue weighted by molar-refractivity contribution is 7.98. The van der Waals surface area contributed by atoms with Gasteiger partial charge in [0.05, 0.1) is 17.1 Å². The Hall–Kier alpha value is -3.37. The lowest BCUT2D eigenvalue weighted by Gasteiger charge is -2.09. The van der Waals surface area contributed by atoms with Crippen LogP contribution in [-0.2, 0) is 5.75 Å². The van der Waals surface area contributed by atoms with Crippen molar-refractivity contribution in [2.75, 3.05) is 5.32 Å². The number of halogens is 3. The predicted molar refractivity (Wildman–Crippen MR) is 112 cm³/mol. The first-order chi connectivity index (χ1) is 15.0. The van der Waals surface area contributed by atoms with Crippen molar-refractivity contribution in [1.82, 2.24) is 25.0 Å². The Labute approximate surface area is 184 Å². The minimum Gasteiger partial charge on any atom is -0.318 e. The van der Waals surface area contributed by atoms with Crippen molar-refractivity contribution in [3.05, 3.63) is 89.0 Å². The summed E-state index contributed by atoms with van der Waals surface area (Å²) >= 11 is 7.23. The lowest BCUT2D eigenvalue weighted by Crippen LogP contribution is -2.16. The number of aromatic nitrogens is 5. The quantitative estimate of drug-likeness (QED) is 0.337. The fraction of sp³-hybridized carbons (Fsp3) is 0.0500. The molecule has 1 amide bonds. The summed E-state index contributed by atoms with van der Waals surface area (Å²) in [5, 5.41) is 11.4. The highest BCUT2D eigenvalue weighted by Gasteiger charge is 2.22. The maximum absolute atomic E-state index is 14.0. The number of hydrogen-bond acceptors (Lipinski definition) is 6. The zero-order valence-corrected chi connectivity index (χ0v) is 17.2.